The average Bonchev–Trinajstić information content (AvgIpc) is 3.37. The Morgan fingerprint density at radius 2 is 0.689 bits per heavy atom. The monoisotopic (exact) mass is 1050 g/mol. The summed E-state index contributed by atoms with van der Waals surface area (Å²) >= 11 is 0. The van der Waals surface area contributed by atoms with Gasteiger partial charge in [0.05, 0.1) is 34.4 Å². The fourth-order valence-electron chi connectivity index (χ4n) is 9.78. The minimum atomic E-state index is -1.51. The predicted octanol–water partition coefficient (Wildman–Crippen LogP) is 19.3. The highest BCUT2D eigenvalue weighted by Crippen LogP contribution is 2.18. The van der Waals surface area contributed by atoms with Crippen LogP contribution in [0.4, 0.5) is 0 Å². The minimum absolute atomic E-state index is 0.176. The molecule has 0 rings (SSSR count). The van der Waals surface area contributed by atoms with Crippen molar-refractivity contribution in [3.63, 3.8) is 0 Å². The Kier molecular flexibility index (Phi) is 55.7. The molecule has 74 heavy (non-hydrogen) atoms. The van der Waals surface area contributed by atoms with Crippen LogP contribution in [0.15, 0.2) is 12.2 Å². The topological polar surface area (TPSA) is 108 Å². The summed E-state index contributed by atoms with van der Waals surface area (Å²) in [7, 11) is 5.98. The van der Waals surface area contributed by atoms with Crippen molar-refractivity contribution in [3.8, 4) is 0 Å². The lowest BCUT2D eigenvalue weighted by molar-refractivity contribution is -0.870. The summed E-state index contributed by atoms with van der Waals surface area (Å²) in [4.78, 5) is 37.5. The maximum absolute atomic E-state index is 12.9. The molecule has 0 aliphatic carbocycles. The van der Waals surface area contributed by atoms with Crippen molar-refractivity contribution in [2.24, 2.45) is 0 Å². The molecule has 0 aromatic heterocycles. The largest absolute Gasteiger partial charge is 0.477 e. The molecule has 2 unspecified atom stereocenters. The third-order valence-electron chi connectivity index (χ3n) is 14.8. The number of unbranched alkanes of at least 4 members (excludes halogenated alkanes) is 44. The van der Waals surface area contributed by atoms with Gasteiger partial charge in [-0.25, -0.2) is 4.79 Å². The fourth-order valence-corrected chi connectivity index (χ4v) is 9.78. The summed E-state index contributed by atoms with van der Waals surface area (Å²) in [6.45, 7) is 4.94. The lowest BCUT2D eigenvalue weighted by Gasteiger charge is -2.25. The Balaban J connectivity index is 4.10. The molecular weight excluding hydrogens is 923 g/mol. The number of nitrogens with zero attached hydrogens (tertiary/aromatic N) is 1. The number of likely N-dealkylation sites (N-methyl/N-ethyl adjacent to an activating group) is 1. The second-order valence-corrected chi connectivity index (χ2v) is 23.4. The second-order valence-electron chi connectivity index (χ2n) is 23.4. The molecule has 0 aromatic carbocycles. The van der Waals surface area contributed by atoms with E-state index in [0.717, 1.165) is 38.5 Å². The van der Waals surface area contributed by atoms with Crippen LogP contribution in [0.5, 0.6) is 0 Å². The van der Waals surface area contributed by atoms with Crippen molar-refractivity contribution >= 4 is 17.9 Å². The zero-order valence-corrected chi connectivity index (χ0v) is 50.0. The highest BCUT2D eigenvalue weighted by atomic mass is 16.7. The lowest BCUT2D eigenvalue weighted by atomic mass is 10.0. The number of hydrogen-bond donors (Lipinski definition) is 1. The molecule has 2 atom stereocenters. The quantitative estimate of drug-likeness (QED) is 0.0211. The second kappa shape index (κ2) is 57.2. The van der Waals surface area contributed by atoms with Gasteiger partial charge in [-0.1, -0.05) is 289 Å². The Labute approximate surface area is 459 Å². The van der Waals surface area contributed by atoms with Crippen LogP contribution in [0, 0.1) is 0 Å². The number of esters is 2. The van der Waals surface area contributed by atoms with Gasteiger partial charge in [-0.2, -0.15) is 0 Å². The van der Waals surface area contributed by atoms with E-state index in [2.05, 4.69) is 26.0 Å². The van der Waals surface area contributed by atoms with Crippen LogP contribution in [0.3, 0.4) is 0 Å². The van der Waals surface area contributed by atoms with Gasteiger partial charge in [-0.05, 0) is 38.5 Å². The first kappa shape index (κ1) is 72.0. The van der Waals surface area contributed by atoms with Crippen molar-refractivity contribution < 1.29 is 42.9 Å². The first-order valence-electron chi connectivity index (χ1n) is 32.4. The van der Waals surface area contributed by atoms with Crippen molar-refractivity contribution in [2.45, 2.75) is 341 Å². The van der Waals surface area contributed by atoms with Gasteiger partial charge in [0.1, 0.15) is 13.2 Å². The average molecular weight is 1050 g/mol. The van der Waals surface area contributed by atoms with Gasteiger partial charge >= 0.3 is 17.9 Å². The van der Waals surface area contributed by atoms with Gasteiger partial charge in [-0.3, -0.25) is 9.59 Å². The van der Waals surface area contributed by atoms with E-state index in [-0.39, 0.29) is 38.2 Å². The molecule has 0 amide bonds. The maximum Gasteiger partial charge on any atom is 0.361 e. The van der Waals surface area contributed by atoms with E-state index in [1.54, 1.807) is 0 Å². The van der Waals surface area contributed by atoms with Gasteiger partial charge in [0.15, 0.2) is 6.10 Å². The van der Waals surface area contributed by atoms with Crippen LogP contribution >= 0.6 is 0 Å². The summed E-state index contributed by atoms with van der Waals surface area (Å²) in [6, 6.07) is 0. The number of carboxylic acids is 1. The number of allylic oxidation sites excluding steroid dienone is 2. The van der Waals surface area contributed by atoms with Crippen LogP contribution in [-0.2, 0) is 33.3 Å². The van der Waals surface area contributed by atoms with E-state index in [1.807, 2.05) is 21.1 Å². The molecule has 0 aliphatic rings. The predicted molar refractivity (Wildman–Crippen MR) is 314 cm³/mol. The molecule has 1 N–H and O–H groups in total. The number of carboxylic acid groups (broad SMARTS) is 1. The number of hydrogen-bond acceptors (Lipinski definition) is 7. The van der Waals surface area contributed by atoms with Crippen molar-refractivity contribution in [1.82, 2.24) is 0 Å². The number of carbonyl (C=O) groups excluding carboxylic acids is 2. The molecule has 0 spiro atoms. The third-order valence-corrected chi connectivity index (χ3v) is 14.8. The number of ether oxygens (including phenoxy) is 4. The Morgan fingerprint density at radius 1 is 0.392 bits per heavy atom. The lowest BCUT2D eigenvalue weighted by Crippen LogP contribution is -2.40. The van der Waals surface area contributed by atoms with E-state index in [9.17, 15) is 19.5 Å². The summed E-state index contributed by atoms with van der Waals surface area (Å²) < 4.78 is 23.0. The standard InChI is InChI=1S/C65H125NO8/c1-6-8-10-12-14-16-18-20-22-24-26-28-29-30-31-32-33-34-36-37-39-41-43-45-47-49-51-53-55-62(67)72-59-61(60-73-65(64(69)70)71-58-57-66(3,4)5)74-63(68)56-54-52-50-48-46-44-42-40-38-35-27-25-23-21-19-17-15-13-11-9-7-2/h25,27,61,65H,6-24,26,28-60H2,1-5H3/p+1/b27-25-. The molecule has 9 nitrogen and oxygen atoms in total. The summed E-state index contributed by atoms with van der Waals surface area (Å²) in [5.41, 5.74) is 0. The molecule has 0 bridgehead atoms. The number of aliphatic carboxylic acids is 1. The Bertz CT molecular complexity index is 1220. The Morgan fingerprint density at radius 3 is 1.00 bits per heavy atom. The third kappa shape index (κ3) is 57.7. The maximum atomic E-state index is 12.9. The number of quaternary nitrogens is 1. The van der Waals surface area contributed by atoms with Crippen molar-refractivity contribution in [2.75, 3.05) is 47.5 Å². The highest BCUT2D eigenvalue weighted by Gasteiger charge is 2.25. The first-order chi connectivity index (χ1) is 36.1. The number of carbonyl (C=O) groups is 3. The normalized spacial score (nSPS) is 12.7. The van der Waals surface area contributed by atoms with E-state index in [0.29, 0.717) is 17.4 Å². The molecular formula is C65H126NO8+. The van der Waals surface area contributed by atoms with E-state index in [1.165, 1.54) is 263 Å². The zero-order chi connectivity index (χ0) is 54.1. The van der Waals surface area contributed by atoms with Crippen LogP contribution in [0.2, 0.25) is 0 Å². The molecule has 0 saturated carbocycles. The van der Waals surface area contributed by atoms with Gasteiger partial charge in [0.25, 0.3) is 6.29 Å². The van der Waals surface area contributed by atoms with Gasteiger partial charge < -0.3 is 28.5 Å². The van der Waals surface area contributed by atoms with Crippen LogP contribution < -0.4 is 0 Å². The van der Waals surface area contributed by atoms with Crippen LogP contribution in [0.1, 0.15) is 328 Å². The fraction of sp³-hybridized carbons (Fsp3) is 0.923. The molecule has 9 heteroatoms. The zero-order valence-electron chi connectivity index (χ0n) is 50.0. The van der Waals surface area contributed by atoms with Gasteiger partial charge in [0.2, 0.25) is 0 Å². The number of rotatable bonds is 61. The minimum Gasteiger partial charge on any atom is -0.477 e. The van der Waals surface area contributed by atoms with Crippen molar-refractivity contribution in [1.29, 1.82) is 0 Å². The Hall–Kier alpha value is -1.97. The highest BCUT2D eigenvalue weighted by molar-refractivity contribution is 5.71. The summed E-state index contributed by atoms with van der Waals surface area (Å²) in [5, 5.41) is 9.72. The van der Waals surface area contributed by atoms with Crippen LogP contribution in [-0.4, -0.2) is 87.4 Å². The van der Waals surface area contributed by atoms with E-state index < -0.39 is 18.4 Å². The SMILES string of the molecule is CCCCCCCCCC/C=C\CCCCCCCCCCCC(=O)OC(COC(=O)CCCCCCCCCCCCCCCCCCCCCCCCCCCCCC)COC(OCC[N+](C)(C)C)C(=O)O. The molecule has 0 heterocycles. The molecule has 0 aliphatic heterocycles. The molecule has 0 aromatic rings. The molecule has 0 fully saturated rings. The summed E-state index contributed by atoms with van der Waals surface area (Å²) in [5.74, 6) is -1.98. The van der Waals surface area contributed by atoms with Crippen molar-refractivity contribution in [3.05, 3.63) is 12.2 Å². The van der Waals surface area contributed by atoms with E-state index in [4.69, 9.17) is 18.9 Å². The van der Waals surface area contributed by atoms with Gasteiger partial charge in [0, 0.05) is 12.8 Å². The first-order valence-corrected chi connectivity index (χ1v) is 32.4. The van der Waals surface area contributed by atoms with Crippen LogP contribution in [0.25, 0.3) is 0 Å². The summed E-state index contributed by atoms with van der Waals surface area (Å²) in [6.07, 6.45) is 64.5. The van der Waals surface area contributed by atoms with Gasteiger partial charge in [-0.15, -0.1) is 0 Å². The smallest absolute Gasteiger partial charge is 0.361 e. The molecule has 0 radical (unpaired) electrons. The molecule has 438 valence electrons. The molecule has 0 saturated heterocycles. The van der Waals surface area contributed by atoms with E-state index >= 15 is 0 Å².